The Hall–Kier alpha value is -1.55. The smallest absolute Gasteiger partial charge is 0.251 e. The molecule has 1 aliphatic rings. The van der Waals surface area contributed by atoms with Crippen LogP contribution in [0, 0.1) is 5.41 Å². The summed E-state index contributed by atoms with van der Waals surface area (Å²) in [5, 5.41) is 19.1. The number of nitrogens with one attached hydrogen (secondary N) is 3. The zero-order valence-corrected chi connectivity index (χ0v) is 20.4. The second kappa shape index (κ2) is 11.0. The SMILES string of the molecule is CCNC(=NCCCNC(=O)c1cccc(O)c1)NC1CC(C)(OC)C1(C)C.I. The van der Waals surface area contributed by atoms with Crippen LogP contribution in [0.25, 0.3) is 0 Å². The van der Waals surface area contributed by atoms with Gasteiger partial charge in [0.25, 0.3) is 5.91 Å². The predicted octanol–water partition coefficient (Wildman–Crippen LogP) is 2.89. The first-order valence-corrected chi connectivity index (χ1v) is 9.90. The van der Waals surface area contributed by atoms with Crippen LogP contribution in [0.3, 0.4) is 0 Å². The number of phenols is 1. The molecule has 1 aromatic carbocycles. The molecule has 1 aromatic rings. The predicted molar refractivity (Wildman–Crippen MR) is 127 cm³/mol. The minimum absolute atomic E-state index is 0. The number of phenolic OH excluding ortho intramolecular Hbond substituents is 1. The van der Waals surface area contributed by atoms with Crippen LogP contribution in [-0.2, 0) is 4.74 Å². The molecule has 1 fully saturated rings. The summed E-state index contributed by atoms with van der Waals surface area (Å²) >= 11 is 0. The summed E-state index contributed by atoms with van der Waals surface area (Å²) < 4.78 is 5.68. The number of nitrogens with zero attached hydrogens (tertiary/aromatic N) is 1. The number of benzene rings is 1. The number of amides is 1. The fourth-order valence-electron chi connectivity index (χ4n) is 3.43. The Morgan fingerprint density at radius 3 is 2.62 bits per heavy atom. The monoisotopic (exact) mass is 518 g/mol. The third kappa shape index (κ3) is 6.21. The molecule has 1 aliphatic carbocycles. The van der Waals surface area contributed by atoms with Gasteiger partial charge in [0.2, 0.25) is 0 Å². The lowest BCUT2D eigenvalue weighted by atomic mass is 9.56. The van der Waals surface area contributed by atoms with E-state index >= 15 is 0 Å². The normalized spacial score (nSPS) is 22.8. The van der Waals surface area contributed by atoms with E-state index in [2.05, 4.69) is 41.7 Å². The van der Waals surface area contributed by atoms with E-state index in [-0.39, 0.29) is 46.6 Å². The number of methoxy groups -OCH3 is 1. The molecule has 164 valence electrons. The molecule has 0 spiro atoms. The van der Waals surface area contributed by atoms with Crippen molar-refractivity contribution in [1.29, 1.82) is 0 Å². The maximum atomic E-state index is 12.1. The van der Waals surface area contributed by atoms with E-state index in [9.17, 15) is 9.90 Å². The zero-order chi connectivity index (χ0) is 20.8. The highest BCUT2D eigenvalue weighted by atomic mass is 127. The van der Waals surface area contributed by atoms with E-state index in [0.717, 1.165) is 25.3 Å². The third-order valence-electron chi connectivity index (χ3n) is 5.93. The van der Waals surface area contributed by atoms with Gasteiger partial charge in [0.05, 0.1) is 5.60 Å². The van der Waals surface area contributed by atoms with Crippen LogP contribution in [0.2, 0.25) is 0 Å². The topological polar surface area (TPSA) is 95.0 Å². The second-order valence-electron chi connectivity index (χ2n) is 7.98. The van der Waals surface area contributed by atoms with Crippen molar-refractivity contribution in [1.82, 2.24) is 16.0 Å². The average molecular weight is 518 g/mol. The summed E-state index contributed by atoms with van der Waals surface area (Å²) in [5.74, 6) is 0.681. The molecule has 0 aliphatic heterocycles. The molecular formula is C21H35IN4O3. The van der Waals surface area contributed by atoms with Crippen molar-refractivity contribution in [3.8, 4) is 5.75 Å². The molecule has 29 heavy (non-hydrogen) atoms. The first-order valence-electron chi connectivity index (χ1n) is 9.90. The van der Waals surface area contributed by atoms with Gasteiger partial charge in [0.15, 0.2) is 5.96 Å². The van der Waals surface area contributed by atoms with Crippen molar-refractivity contribution in [2.75, 3.05) is 26.7 Å². The van der Waals surface area contributed by atoms with Crippen LogP contribution < -0.4 is 16.0 Å². The van der Waals surface area contributed by atoms with Gasteiger partial charge in [-0.3, -0.25) is 9.79 Å². The van der Waals surface area contributed by atoms with Gasteiger partial charge in [0, 0.05) is 43.8 Å². The molecule has 1 saturated carbocycles. The number of carbonyl (C=O) groups is 1. The fraction of sp³-hybridized carbons (Fsp3) is 0.619. The van der Waals surface area contributed by atoms with Crippen LogP contribution >= 0.6 is 24.0 Å². The van der Waals surface area contributed by atoms with Crippen LogP contribution in [0.5, 0.6) is 5.75 Å². The largest absolute Gasteiger partial charge is 0.508 e. The molecule has 0 heterocycles. The molecule has 2 unspecified atom stereocenters. The molecule has 8 heteroatoms. The van der Waals surface area contributed by atoms with Crippen molar-refractivity contribution < 1.29 is 14.6 Å². The zero-order valence-electron chi connectivity index (χ0n) is 18.0. The minimum atomic E-state index is -0.194. The average Bonchev–Trinajstić information content (AvgIpc) is 2.66. The first kappa shape index (κ1) is 25.5. The number of hydrogen-bond donors (Lipinski definition) is 4. The van der Waals surface area contributed by atoms with Crippen LogP contribution in [0.15, 0.2) is 29.3 Å². The summed E-state index contributed by atoms with van der Waals surface area (Å²) in [7, 11) is 1.77. The highest BCUT2D eigenvalue weighted by Crippen LogP contribution is 2.51. The van der Waals surface area contributed by atoms with Crippen LogP contribution in [0.1, 0.15) is 50.9 Å². The van der Waals surface area contributed by atoms with Gasteiger partial charge in [-0.1, -0.05) is 19.9 Å². The van der Waals surface area contributed by atoms with Crippen LogP contribution in [-0.4, -0.2) is 55.4 Å². The van der Waals surface area contributed by atoms with E-state index < -0.39 is 0 Å². The molecule has 0 bridgehead atoms. The van der Waals surface area contributed by atoms with Gasteiger partial charge < -0.3 is 25.8 Å². The van der Waals surface area contributed by atoms with Crippen molar-refractivity contribution in [3.63, 3.8) is 0 Å². The van der Waals surface area contributed by atoms with Gasteiger partial charge in [-0.2, -0.15) is 0 Å². The molecule has 4 N–H and O–H groups in total. The summed E-state index contributed by atoms with van der Waals surface area (Å²) in [4.78, 5) is 16.7. The minimum Gasteiger partial charge on any atom is -0.508 e. The summed E-state index contributed by atoms with van der Waals surface area (Å²) in [6.45, 7) is 10.5. The second-order valence-corrected chi connectivity index (χ2v) is 7.98. The van der Waals surface area contributed by atoms with Gasteiger partial charge in [-0.25, -0.2) is 0 Å². The molecule has 0 radical (unpaired) electrons. The Morgan fingerprint density at radius 2 is 2.03 bits per heavy atom. The van der Waals surface area contributed by atoms with E-state index in [4.69, 9.17) is 4.74 Å². The number of hydrogen-bond acceptors (Lipinski definition) is 4. The Balaban J connectivity index is 0.00000420. The van der Waals surface area contributed by atoms with E-state index in [1.807, 2.05) is 6.92 Å². The Bertz CT molecular complexity index is 711. The van der Waals surface area contributed by atoms with Crippen molar-refractivity contribution >= 4 is 35.8 Å². The van der Waals surface area contributed by atoms with Crippen molar-refractivity contribution in [2.24, 2.45) is 10.4 Å². The highest BCUT2D eigenvalue weighted by Gasteiger charge is 2.58. The standard InChI is InChI=1S/C21H34N4O3.HI/c1-6-22-19(25-17-14-21(4,28-5)20(17,2)3)24-12-8-11-23-18(27)15-9-7-10-16(26)13-15;/h7,9-10,13,17,26H,6,8,11-12,14H2,1-5H3,(H,23,27)(H2,22,24,25);1H. The molecule has 0 aromatic heterocycles. The Morgan fingerprint density at radius 1 is 1.31 bits per heavy atom. The molecular weight excluding hydrogens is 483 g/mol. The number of carbonyl (C=O) groups excluding carboxylic acids is 1. The maximum Gasteiger partial charge on any atom is 0.251 e. The Kier molecular flexibility index (Phi) is 9.67. The number of halogens is 1. The molecule has 1 amide bonds. The summed E-state index contributed by atoms with van der Waals surface area (Å²) in [6.07, 6.45) is 1.66. The summed E-state index contributed by atoms with van der Waals surface area (Å²) in [5.41, 5.74) is 0.331. The van der Waals surface area contributed by atoms with Crippen molar-refractivity contribution in [2.45, 2.75) is 52.2 Å². The van der Waals surface area contributed by atoms with Gasteiger partial charge in [-0.05, 0) is 44.9 Å². The number of rotatable bonds is 8. The maximum absolute atomic E-state index is 12.1. The van der Waals surface area contributed by atoms with Gasteiger partial charge in [-0.15, -0.1) is 24.0 Å². The summed E-state index contributed by atoms with van der Waals surface area (Å²) in [6, 6.07) is 6.61. The quantitative estimate of drug-likeness (QED) is 0.184. The number of aromatic hydroxyl groups is 1. The lowest BCUT2D eigenvalue weighted by Gasteiger charge is -2.59. The molecule has 7 nitrogen and oxygen atoms in total. The molecule has 0 saturated heterocycles. The molecule has 2 rings (SSSR count). The van der Waals surface area contributed by atoms with E-state index in [0.29, 0.717) is 24.7 Å². The lowest BCUT2D eigenvalue weighted by Crippen LogP contribution is -2.69. The van der Waals surface area contributed by atoms with Gasteiger partial charge in [0.1, 0.15) is 5.75 Å². The highest BCUT2D eigenvalue weighted by molar-refractivity contribution is 14.0. The lowest BCUT2D eigenvalue weighted by molar-refractivity contribution is -0.176. The Labute approximate surface area is 191 Å². The number of guanidine groups is 1. The number of aliphatic imine (C=N–C) groups is 1. The van der Waals surface area contributed by atoms with E-state index in [1.165, 1.54) is 6.07 Å². The van der Waals surface area contributed by atoms with Crippen LogP contribution in [0.4, 0.5) is 0 Å². The third-order valence-corrected chi connectivity index (χ3v) is 5.93. The fourth-order valence-corrected chi connectivity index (χ4v) is 3.43. The van der Waals surface area contributed by atoms with Crippen molar-refractivity contribution in [3.05, 3.63) is 29.8 Å². The molecule has 2 atom stereocenters. The van der Waals surface area contributed by atoms with Gasteiger partial charge >= 0.3 is 0 Å². The number of ether oxygens (including phenoxy) is 1. The van der Waals surface area contributed by atoms with E-state index in [1.54, 1.807) is 25.3 Å². The first-order chi connectivity index (χ1) is 13.2.